The summed E-state index contributed by atoms with van der Waals surface area (Å²) in [5.41, 5.74) is 4.09. The Hall–Kier alpha value is -1.12. The van der Waals surface area contributed by atoms with Crippen molar-refractivity contribution in [2.45, 2.75) is 39.8 Å². The van der Waals surface area contributed by atoms with E-state index in [0.717, 1.165) is 0 Å². The van der Waals surface area contributed by atoms with Crippen molar-refractivity contribution in [3.8, 4) is 0 Å². The lowest BCUT2D eigenvalue weighted by Gasteiger charge is -2.21. The van der Waals surface area contributed by atoms with E-state index in [2.05, 4.69) is 68.7 Å². The minimum Gasteiger partial charge on any atom is -0.303 e. The van der Waals surface area contributed by atoms with E-state index in [0.29, 0.717) is 12.1 Å². The first-order chi connectivity index (χ1) is 8.58. The summed E-state index contributed by atoms with van der Waals surface area (Å²) in [6.07, 6.45) is 0. The second-order valence-electron chi connectivity index (χ2n) is 4.99. The summed E-state index contributed by atoms with van der Waals surface area (Å²) >= 11 is 1.81. The molecule has 0 aliphatic rings. The molecule has 1 aromatic heterocycles. The maximum atomic E-state index is 3.68. The van der Waals surface area contributed by atoms with Crippen molar-refractivity contribution in [2.24, 2.45) is 0 Å². The van der Waals surface area contributed by atoms with Gasteiger partial charge in [-0.1, -0.05) is 29.8 Å². The number of hydrogen-bond acceptors (Lipinski definition) is 2. The first-order valence-corrected chi connectivity index (χ1v) is 7.32. The molecule has 0 saturated heterocycles. The van der Waals surface area contributed by atoms with Gasteiger partial charge in [0.15, 0.2) is 0 Å². The predicted octanol–water partition coefficient (Wildman–Crippen LogP) is 4.78. The third kappa shape index (κ3) is 3.01. The van der Waals surface area contributed by atoms with Crippen LogP contribution in [0.4, 0.5) is 0 Å². The van der Waals surface area contributed by atoms with Crippen molar-refractivity contribution in [2.75, 3.05) is 0 Å². The normalized spacial score (nSPS) is 14.4. The molecule has 0 bridgehead atoms. The molecule has 18 heavy (non-hydrogen) atoms. The fraction of sp³-hybridized carbons (Fsp3) is 0.375. The molecular weight excluding hydrogens is 238 g/mol. The summed E-state index contributed by atoms with van der Waals surface area (Å²) < 4.78 is 0. The highest BCUT2D eigenvalue weighted by atomic mass is 32.1. The zero-order chi connectivity index (χ0) is 13.1. The molecule has 0 spiro atoms. The van der Waals surface area contributed by atoms with Gasteiger partial charge in [-0.25, -0.2) is 0 Å². The van der Waals surface area contributed by atoms with Crippen LogP contribution in [0.5, 0.6) is 0 Å². The van der Waals surface area contributed by atoms with Crippen LogP contribution in [0.15, 0.2) is 35.7 Å². The average Bonchev–Trinajstić information content (AvgIpc) is 2.85. The van der Waals surface area contributed by atoms with Gasteiger partial charge in [0, 0.05) is 17.0 Å². The van der Waals surface area contributed by atoms with Gasteiger partial charge < -0.3 is 5.32 Å². The fourth-order valence-corrected chi connectivity index (χ4v) is 3.05. The van der Waals surface area contributed by atoms with E-state index >= 15 is 0 Å². The second-order valence-corrected chi connectivity index (χ2v) is 5.96. The number of aryl methyl sites for hydroxylation is 2. The third-order valence-corrected chi connectivity index (χ3v) is 4.43. The van der Waals surface area contributed by atoms with E-state index in [1.807, 2.05) is 11.3 Å². The summed E-state index contributed by atoms with van der Waals surface area (Å²) in [4.78, 5) is 1.40. The van der Waals surface area contributed by atoms with Crippen molar-refractivity contribution in [3.63, 3.8) is 0 Å². The van der Waals surface area contributed by atoms with Crippen LogP contribution in [0.2, 0.25) is 0 Å². The molecule has 96 valence electrons. The van der Waals surface area contributed by atoms with Gasteiger partial charge in [0.1, 0.15) is 0 Å². The third-order valence-electron chi connectivity index (χ3n) is 3.37. The van der Waals surface area contributed by atoms with Gasteiger partial charge in [-0.2, -0.15) is 0 Å². The van der Waals surface area contributed by atoms with E-state index in [1.54, 1.807) is 0 Å². The molecule has 2 aromatic rings. The number of rotatable bonds is 4. The van der Waals surface area contributed by atoms with Crippen molar-refractivity contribution in [3.05, 3.63) is 57.3 Å². The molecular formula is C16H21NS. The van der Waals surface area contributed by atoms with Crippen molar-refractivity contribution < 1.29 is 0 Å². The first-order valence-electron chi connectivity index (χ1n) is 6.44. The van der Waals surface area contributed by atoms with E-state index < -0.39 is 0 Å². The average molecular weight is 259 g/mol. The second kappa shape index (κ2) is 5.68. The number of thiophene rings is 1. The zero-order valence-corrected chi connectivity index (χ0v) is 12.3. The van der Waals surface area contributed by atoms with E-state index in [1.165, 1.54) is 21.6 Å². The van der Waals surface area contributed by atoms with Crippen molar-refractivity contribution in [1.82, 2.24) is 5.32 Å². The molecule has 2 unspecified atom stereocenters. The van der Waals surface area contributed by atoms with Gasteiger partial charge in [-0.15, -0.1) is 11.3 Å². The van der Waals surface area contributed by atoms with Crippen molar-refractivity contribution in [1.29, 1.82) is 0 Å². The van der Waals surface area contributed by atoms with Crippen LogP contribution in [-0.4, -0.2) is 0 Å². The molecule has 2 rings (SSSR count). The minimum absolute atomic E-state index is 0.377. The maximum Gasteiger partial charge on any atom is 0.0391 e. The standard InChI is InChI=1S/C16H21NS/c1-11-7-8-12(2)15(10-11)13(3)17-14(4)16-6-5-9-18-16/h5-10,13-14,17H,1-4H3. The van der Waals surface area contributed by atoms with Crippen LogP contribution in [0, 0.1) is 13.8 Å². The van der Waals surface area contributed by atoms with Gasteiger partial charge in [0.05, 0.1) is 0 Å². The Labute approximate surface area is 114 Å². The number of nitrogens with one attached hydrogen (secondary N) is 1. The largest absolute Gasteiger partial charge is 0.303 e. The molecule has 1 heterocycles. The molecule has 1 N–H and O–H groups in total. The van der Waals surface area contributed by atoms with Crippen LogP contribution in [0.3, 0.4) is 0 Å². The van der Waals surface area contributed by atoms with Crippen LogP contribution in [-0.2, 0) is 0 Å². The van der Waals surface area contributed by atoms with Gasteiger partial charge in [0.2, 0.25) is 0 Å². The smallest absolute Gasteiger partial charge is 0.0391 e. The highest BCUT2D eigenvalue weighted by Gasteiger charge is 2.13. The summed E-state index contributed by atoms with van der Waals surface area (Å²) in [5.74, 6) is 0. The van der Waals surface area contributed by atoms with E-state index in [9.17, 15) is 0 Å². The van der Waals surface area contributed by atoms with E-state index in [-0.39, 0.29) is 0 Å². The lowest BCUT2D eigenvalue weighted by Crippen LogP contribution is -2.22. The zero-order valence-electron chi connectivity index (χ0n) is 11.5. The number of benzene rings is 1. The van der Waals surface area contributed by atoms with Gasteiger partial charge in [-0.3, -0.25) is 0 Å². The SMILES string of the molecule is Cc1ccc(C)c(C(C)NC(C)c2cccs2)c1. The molecule has 0 aliphatic carbocycles. The molecule has 0 radical (unpaired) electrons. The molecule has 1 aromatic carbocycles. The van der Waals surface area contributed by atoms with Crippen LogP contribution in [0.1, 0.15) is 47.5 Å². The summed E-state index contributed by atoms with van der Waals surface area (Å²) in [6.45, 7) is 8.81. The highest BCUT2D eigenvalue weighted by Crippen LogP contribution is 2.24. The highest BCUT2D eigenvalue weighted by molar-refractivity contribution is 7.10. The lowest BCUT2D eigenvalue weighted by molar-refractivity contribution is 0.498. The van der Waals surface area contributed by atoms with Crippen LogP contribution >= 0.6 is 11.3 Å². The Morgan fingerprint density at radius 1 is 1.06 bits per heavy atom. The Morgan fingerprint density at radius 2 is 1.83 bits per heavy atom. The molecule has 0 aliphatic heterocycles. The minimum atomic E-state index is 0.377. The number of hydrogen-bond donors (Lipinski definition) is 1. The predicted molar refractivity (Wildman–Crippen MR) is 80.2 cm³/mol. The molecule has 1 nitrogen and oxygen atoms in total. The summed E-state index contributed by atoms with van der Waals surface area (Å²) in [7, 11) is 0. The molecule has 2 atom stereocenters. The Balaban J connectivity index is 2.12. The molecule has 0 saturated carbocycles. The first kappa shape index (κ1) is 13.3. The maximum absolute atomic E-state index is 3.68. The van der Waals surface area contributed by atoms with Crippen LogP contribution in [0.25, 0.3) is 0 Å². The fourth-order valence-electron chi connectivity index (χ4n) is 2.31. The van der Waals surface area contributed by atoms with Gasteiger partial charge in [-0.05, 0) is 50.3 Å². The van der Waals surface area contributed by atoms with Gasteiger partial charge >= 0.3 is 0 Å². The van der Waals surface area contributed by atoms with Crippen molar-refractivity contribution >= 4 is 11.3 Å². The Kier molecular flexibility index (Phi) is 4.20. The summed E-state index contributed by atoms with van der Waals surface area (Å²) in [6, 6.07) is 11.8. The molecule has 0 fully saturated rings. The molecule has 2 heteroatoms. The topological polar surface area (TPSA) is 12.0 Å². The van der Waals surface area contributed by atoms with Gasteiger partial charge in [0.25, 0.3) is 0 Å². The quantitative estimate of drug-likeness (QED) is 0.833. The Bertz CT molecular complexity index is 502. The Morgan fingerprint density at radius 3 is 2.50 bits per heavy atom. The molecule has 0 amide bonds. The van der Waals surface area contributed by atoms with Crippen LogP contribution < -0.4 is 5.32 Å². The lowest BCUT2D eigenvalue weighted by atomic mass is 9.99. The monoisotopic (exact) mass is 259 g/mol. The summed E-state index contributed by atoms with van der Waals surface area (Å²) in [5, 5.41) is 5.81. The van der Waals surface area contributed by atoms with E-state index in [4.69, 9.17) is 0 Å².